The lowest BCUT2D eigenvalue weighted by Gasteiger charge is -2.26. The lowest BCUT2D eigenvalue weighted by atomic mass is 10.1. The van der Waals surface area contributed by atoms with Gasteiger partial charge in [0.05, 0.1) is 42.7 Å². The highest BCUT2D eigenvalue weighted by molar-refractivity contribution is 6.33. The second-order valence-electron chi connectivity index (χ2n) is 7.37. The maximum absolute atomic E-state index is 13.1. The molecule has 162 valence electrons. The van der Waals surface area contributed by atoms with Gasteiger partial charge in [0.2, 0.25) is 5.95 Å². The first-order valence-corrected chi connectivity index (χ1v) is 10.5. The van der Waals surface area contributed by atoms with Crippen molar-refractivity contribution in [3.05, 3.63) is 64.0 Å². The first-order valence-electron chi connectivity index (χ1n) is 9.70. The van der Waals surface area contributed by atoms with E-state index < -0.39 is 6.04 Å². The fourth-order valence-electron chi connectivity index (χ4n) is 3.56. The molecule has 4 rings (SSSR count). The Bertz CT molecular complexity index is 1120. The monoisotopic (exact) mass is 461 g/mol. The molecule has 0 unspecified atom stereocenters. The molecule has 3 aromatic rings. The summed E-state index contributed by atoms with van der Waals surface area (Å²) in [5, 5.41) is 23.1. The van der Waals surface area contributed by atoms with Gasteiger partial charge in [0, 0.05) is 28.5 Å². The van der Waals surface area contributed by atoms with E-state index in [1.807, 2.05) is 12.1 Å². The van der Waals surface area contributed by atoms with E-state index in [0.717, 1.165) is 11.3 Å². The molecule has 1 aliphatic heterocycles. The number of rotatable bonds is 7. The van der Waals surface area contributed by atoms with Crippen LogP contribution in [0.4, 0.5) is 10.7 Å². The molecule has 0 spiro atoms. The number of amides is 1. The van der Waals surface area contributed by atoms with E-state index >= 15 is 0 Å². The van der Waals surface area contributed by atoms with Gasteiger partial charge in [0.1, 0.15) is 0 Å². The molecule has 10 heteroatoms. The number of nitrogens with zero attached hydrogens (tertiary/aromatic N) is 4. The minimum atomic E-state index is -0.507. The van der Waals surface area contributed by atoms with E-state index in [9.17, 15) is 15.0 Å². The Kier molecular flexibility index (Phi) is 6.15. The average molecular weight is 462 g/mol. The van der Waals surface area contributed by atoms with Crippen molar-refractivity contribution in [2.45, 2.75) is 25.6 Å². The van der Waals surface area contributed by atoms with Crippen LogP contribution in [0.15, 0.2) is 42.7 Å². The summed E-state index contributed by atoms with van der Waals surface area (Å²) >= 11 is 12.4. The summed E-state index contributed by atoms with van der Waals surface area (Å²) in [6.45, 7) is 1.84. The Morgan fingerprint density at radius 3 is 2.71 bits per heavy atom. The van der Waals surface area contributed by atoms with Crippen molar-refractivity contribution in [2.75, 3.05) is 18.5 Å². The molecule has 1 amide bonds. The van der Waals surface area contributed by atoms with E-state index in [-0.39, 0.29) is 25.3 Å². The molecule has 1 aliphatic rings. The molecule has 3 heterocycles. The zero-order chi connectivity index (χ0) is 22.1. The number of nitrogens with one attached hydrogen (secondary N) is 1. The third kappa shape index (κ3) is 4.24. The Hall–Kier alpha value is -2.65. The van der Waals surface area contributed by atoms with Crippen molar-refractivity contribution in [1.29, 1.82) is 0 Å². The van der Waals surface area contributed by atoms with Crippen LogP contribution in [-0.4, -0.2) is 54.9 Å². The van der Waals surface area contributed by atoms with Crippen LogP contribution in [-0.2, 0) is 6.54 Å². The number of hydrogen-bond donors (Lipinski definition) is 3. The maximum Gasteiger partial charge on any atom is 0.329 e. The summed E-state index contributed by atoms with van der Waals surface area (Å²) in [4.78, 5) is 23.2. The van der Waals surface area contributed by atoms with Gasteiger partial charge >= 0.3 is 6.03 Å². The highest BCUT2D eigenvalue weighted by Crippen LogP contribution is 2.34. The molecule has 0 aliphatic carbocycles. The zero-order valence-electron chi connectivity index (χ0n) is 16.7. The van der Waals surface area contributed by atoms with Crippen LogP contribution >= 0.6 is 23.2 Å². The lowest BCUT2D eigenvalue weighted by molar-refractivity contribution is 0.141. The van der Waals surface area contributed by atoms with Crippen LogP contribution in [0, 0.1) is 0 Å². The van der Waals surface area contributed by atoms with Crippen molar-refractivity contribution >= 4 is 35.2 Å². The van der Waals surface area contributed by atoms with Crippen LogP contribution in [0.25, 0.3) is 11.3 Å². The maximum atomic E-state index is 13.1. The number of halogens is 2. The number of anilines is 1. The Balaban J connectivity index is 1.61. The molecule has 2 atom stereocenters. The van der Waals surface area contributed by atoms with Crippen molar-refractivity contribution in [2.24, 2.45) is 0 Å². The van der Waals surface area contributed by atoms with E-state index in [2.05, 4.69) is 15.3 Å². The van der Waals surface area contributed by atoms with Crippen molar-refractivity contribution in [1.82, 2.24) is 19.4 Å². The second-order valence-corrected chi connectivity index (χ2v) is 8.22. The average Bonchev–Trinajstić information content (AvgIpc) is 3.30. The topological polar surface area (TPSA) is 104 Å². The molecule has 1 aromatic carbocycles. The number of benzene rings is 1. The van der Waals surface area contributed by atoms with Gasteiger partial charge in [-0.15, -0.1) is 0 Å². The summed E-state index contributed by atoms with van der Waals surface area (Å²) in [6.07, 6.45) is 3.16. The zero-order valence-corrected chi connectivity index (χ0v) is 18.2. The molecule has 2 aromatic heterocycles. The molecule has 0 bridgehead atoms. The molecular formula is C21H21Cl2N5O3. The predicted octanol–water partition coefficient (Wildman–Crippen LogP) is 3.56. The summed E-state index contributed by atoms with van der Waals surface area (Å²) in [5.41, 5.74) is 2.69. The standard InChI is InChI=1S/C21H21Cl2N5O3/c1-12(10-29)25-20-24-7-17(23)19(26-20)14-6-16-9-28(21(31)27(16)8-14)18(11-30)13-3-2-4-15(22)5-13/h2-8,12,18,29-30H,9-11H2,1H3,(H,24,25,26)/t12-,18-/m1/s1. The van der Waals surface area contributed by atoms with Gasteiger partial charge in [0.15, 0.2) is 0 Å². The van der Waals surface area contributed by atoms with Crippen LogP contribution < -0.4 is 5.32 Å². The molecule has 0 saturated heterocycles. The van der Waals surface area contributed by atoms with Crippen molar-refractivity contribution < 1.29 is 15.0 Å². The van der Waals surface area contributed by atoms with Crippen molar-refractivity contribution in [3.8, 4) is 11.3 Å². The fourth-order valence-corrected chi connectivity index (χ4v) is 3.96. The smallest absolute Gasteiger partial charge is 0.329 e. The highest BCUT2D eigenvalue weighted by Gasteiger charge is 2.34. The largest absolute Gasteiger partial charge is 0.394 e. The molecule has 31 heavy (non-hydrogen) atoms. The molecule has 8 nitrogen and oxygen atoms in total. The van der Waals surface area contributed by atoms with Gasteiger partial charge in [-0.1, -0.05) is 35.3 Å². The summed E-state index contributed by atoms with van der Waals surface area (Å²) in [7, 11) is 0. The van der Waals surface area contributed by atoms with Gasteiger partial charge in [-0.25, -0.2) is 14.8 Å². The Morgan fingerprint density at radius 2 is 2.03 bits per heavy atom. The number of hydrogen-bond acceptors (Lipinski definition) is 6. The molecule has 0 fully saturated rings. The van der Waals surface area contributed by atoms with Crippen LogP contribution in [0.5, 0.6) is 0 Å². The van der Waals surface area contributed by atoms with Crippen LogP contribution in [0.3, 0.4) is 0 Å². The number of carbonyl (C=O) groups is 1. The van der Waals surface area contributed by atoms with E-state index in [1.54, 1.807) is 36.2 Å². The van der Waals surface area contributed by atoms with Gasteiger partial charge in [0.25, 0.3) is 0 Å². The first-order chi connectivity index (χ1) is 14.9. The lowest BCUT2D eigenvalue weighted by Crippen LogP contribution is -2.32. The normalized spacial score (nSPS) is 15.1. The molecule has 0 saturated carbocycles. The SMILES string of the molecule is C[C@H](CO)Nc1ncc(Cl)c(-c2cc3n(c2)C(=O)N([C@H](CO)c2cccc(Cl)c2)C3)n1. The minimum Gasteiger partial charge on any atom is -0.394 e. The van der Waals surface area contributed by atoms with Gasteiger partial charge < -0.3 is 20.4 Å². The predicted molar refractivity (Wildman–Crippen MR) is 118 cm³/mol. The minimum absolute atomic E-state index is 0.0647. The second kappa shape index (κ2) is 8.84. The quantitative estimate of drug-likeness (QED) is 0.496. The molecule has 0 radical (unpaired) electrons. The number of aliphatic hydroxyl groups excluding tert-OH is 2. The summed E-state index contributed by atoms with van der Waals surface area (Å²) < 4.78 is 1.53. The molecular weight excluding hydrogens is 441 g/mol. The Morgan fingerprint density at radius 1 is 1.23 bits per heavy atom. The van der Waals surface area contributed by atoms with Gasteiger partial charge in [-0.05, 0) is 30.7 Å². The van der Waals surface area contributed by atoms with E-state index in [1.165, 1.54) is 10.8 Å². The van der Waals surface area contributed by atoms with E-state index in [4.69, 9.17) is 23.2 Å². The van der Waals surface area contributed by atoms with Crippen LogP contribution in [0.2, 0.25) is 10.0 Å². The van der Waals surface area contributed by atoms with E-state index in [0.29, 0.717) is 33.8 Å². The number of aliphatic hydroxyl groups is 2. The van der Waals surface area contributed by atoms with Gasteiger partial charge in [-0.2, -0.15) is 0 Å². The highest BCUT2D eigenvalue weighted by atomic mass is 35.5. The summed E-state index contributed by atoms with van der Waals surface area (Å²) in [6, 6.07) is 7.99. The third-order valence-electron chi connectivity index (χ3n) is 5.13. The number of aromatic nitrogens is 3. The van der Waals surface area contributed by atoms with Crippen LogP contribution in [0.1, 0.15) is 24.2 Å². The molecule has 3 N–H and O–H groups in total. The number of carbonyl (C=O) groups excluding carboxylic acids is 1. The van der Waals surface area contributed by atoms with Gasteiger partial charge in [-0.3, -0.25) is 4.57 Å². The Labute approximate surface area is 189 Å². The fraction of sp³-hybridized carbons (Fsp3) is 0.286. The first kappa shape index (κ1) is 21.6. The summed E-state index contributed by atoms with van der Waals surface area (Å²) in [5.74, 6) is 0.335. The number of fused-ring (bicyclic) bond motifs is 1. The van der Waals surface area contributed by atoms with Crippen molar-refractivity contribution in [3.63, 3.8) is 0 Å². The third-order valence-corrected chi connectivity index (χ3v) is 5.65.